The van der Waals surface area contributed by atoms with Gasteiger partial charge in [-0.1, -0.05) is 13.8 Å². The molecule has 0 amide bonds. The standard InChI is InChI=1S/C17H28N4O/c1-6-19-15(21-13-16(2,3)17(21,4)5)20-10-11-22-14-8-7-9-18-12-14/h7-9,12H,6,10-11,13H2,1-5H3,(H,19,20). The maximum absolute atomic E-state index is 5.64. The molecule has 1 aliphatic heterocycles. The molecule has 0 saturated carbocycles. The summed E-state index contributed by atoms with van der Waals surface area (Å²) in [5.74, 6) is 1.76. The van der Waals surface area contributed by atoms with Crippen molar-refractivity contribution in [2.24, 2.45) is 10.4 Å². The maximum Gasteiger partial charge on any atom is 0.194 e. The smallest absolute Gasteiger partial charge is 0.194 e. The molecule has 1 fully saturated rings. The van der Waals surface area contributed by atoms with E-state index in [-0.39, 0.29) is 5.54 Å². The third-order valence-electron chi connectivity index (χ3n) is 4.73. The molecule has 1 N–H and O–H groups in total. The van der Waals surface area contributed by atoms with Gasteiger partial charge in [-0.25, -0.2) is 4.99 Å². The van der Waals surface area contributed by atoms with Crippen molar-refractivity contribution < 1.29 is 4.74 Å². The Bertz CT molecular complexity index is 511. The van der Waals surface area contributed by atoms with E-state index in [0.29, 0.717) is 18.6 Å². The van der Waals surface area contributed by atoms with E-state index in [0.717, 1.165) is 24.8 Å². The highest BCUT2D eigenvalue weighted by molar-refractivity contribution is 5.82. The Morgan fingerprint density at radius 3 is 2.73 bits per heavy atom. The fourth-order valence-corrected chi connectivity index (χ4v) is 2.54. The molecule has 0 bridgehead atoms. The van der Waals surface area contributed by atoms with Gasteiger partial charge in [-0.05, 0) is 32.9 Å². The van der Waals surface area contributed by atoms with Gasteiger partial charge in [-0.15, -0.1) is 0 Å². The van der Waals surface area contributed by atoms with Crippen molar-refractivity contribution in [3.05, 3.63) is 24.5 Å². The first kappa shape index (κ1) is 16.6. The van der Waals surface area contributed by atoms with Crippen LogP contribution in [0.3, 0.4) is 0 Å². The highest BCUT2D eigenvalue weighted by atomic mass is 16.5. The van der Waals surface area contributed by atoms with Gasteiger partial charge >= 0.3 is 0 Å². The molecule has 1 saturated heterocycles. The average molecular weight is 304 g/mol. The predicted octanol–water partition coefficient (Wildman–Crippen LogP) is 2.55. The Morgan fingerprint density at radius 1 is 1.41 bits per heavy atom. The van der Waals surface area contributed by atoms with E-state index in [4.69, 9.17) is 9.73 Å². The lowest BCUT2D eigenvalue weighted by Crippen LogP contribution is -2.72. The second-order valence-electron chi connectivity index (χ2n) is 6.80. The van der Waals surface area contributed by atoms with Crippen LogP contribution in [0.2, 0.25) is 0 Å². The first-order chi connectivity index (χ1) is 10.4. The Labute approximate surface area is 133 Å². The number of ether oxygens (including phenoxy) is 1. The van der Waals surface area contributed by atoms with Gasteiger partial charge in [0.2, 0.25) is 0 Å². The second-order valence-corrected chi connectivity index (χ2v) is 6.80. The molecule has 0 radical (unpaired) electrons. The molecule has 0 unspecified atom stereocenters. The molecule has 122 valence electrons. The maximum atomic E-state index is 5.64. The number of hydrogen-bond donors (Lipinski definition) is 1. The number of nitrogens with zero attached hydrogens (tertiary/aromatic N) is 3. The third-order valence-corrected chi connectivity index (χ3v) is 4.73. The second kappa shape index (κ2) is 6.55. The summed E-state index contributed by atoms with van der Waals surface area (Å²) in [6.45, 7) is 14.3. The van der Waals surface area contributed by atoms with Crippen LogP contribution in [0.4, 0.5) is 0 Å². The van der Waals surface area contributed by atoms with E-state index in [2.05, 4.69) is 49.8 Å². The molecule has 0 aliphatic carbocycles. The summed E-state index contributed by atoms with van der Waals surface area (Å²) < 4.78 is 5.64. The SMILES string of the molecule is CCNC(=NCCOc1cccnc1)N1CC(C)(C)C1(C)C. The van der Waals surface area contributed by atoms with Crippen molar-refractivity contribution >= 4 is 5.96 Å². The number of rotatable bonds is 5. The van der Waals surface area contributed by atoms with Crippen LogP contribution >= 0.6 is 0 Å². The van der Waals surface area contributed by atoms with E-state index in [1.165, 1.54) is 0 Å². The molecule has 5 nitrogen and oxygen atoms in total. The van der Waals surface area contributed by atoms with Crippen LogP contribution in [-0.2, 0) is 0 Å². The van der Waals surface area contributed by atoms with Crippen LogP contribution in [0.1, 0.15) is 34.6 Å². The van der Waals surface area contributed by atoms with Crippen LogP contribution in [0, 0.1) is 5.41 Å². The largest absolute Gasteiger partial charge is 0.490 e. The third kappa shape index (κ3) is 3.34. The Hall–Kier alpha value is -1.78. The van der Waals surface area contributed by atoms with Gasteiger partial charge in [0, 0.05) is 30.2 Å². The average Bonchev–Trinajstić information content (AvgIpc) is 2.49. The fraction of sp³-hybridized carbons (Fsp3) is 0.647. The lowest BCUT2D eigenvalue weighted by Gasteiger charge is -2.62. The normalized spacial score (nSPS) is 19.5. The summed E-state index contributed by atoms with van der Waals surface area (Å²) >= 11 is 0. The minimum atomic E-state index is 0.109. The molecule has 2 rings (SSSR count). The van der Waals surface area contributed by atoms with Gasteiger partial charge in [-0.3, -0.25) is 4.98 Å². The first-order valence-corrected chi connectivity index (χ1v) is 7.97. The molecular weight excluding hydrogens is 276 g/mol. The molecule has 22 heavy (non-hydrogen) atoms. The lowest BCUT2D eigenvalue weighted by molar-refractivity contribution is -0.0667. The van der Waals surface area contributed by atoms with E-state index >= 15 is 0 Å². The van der Waals surface area contributed by atoms with E-state index in [1.807, 2.05) is 12.1 Å². The van der Waals surface area contributed by atoms with E-state index in [1.54, 1.807) is 12.4 Å². The van der Waals surface area contributed by atoms with Crippen molar-refractivity contribution in [2.45, 2.75) is 40.2 Å². The van der Waals surface area contributed by atoms with Gasteiger partial charge in [0.1, 0.15) is 12.4 Å². The zero-order valence-electron chi connectivity index (χ0n) is 14.4. The van der Waals surface area contributed by atoms with Crippen LogP contribution in [0.15, 0.2) is 29.5 Å². The molecule has 1 aromatic rings. The molecule has 2 heterocycles. The number of hydrogen-bond acceptors (Lipinski definition) is 3. The number of likely N-dealkylation sites (tertiary alicyclic amines) is 1. The van der Waals surface area contributed by atoms with Crippen LogP contribution in [0.5, 0.6) is 5.75 Å². The predicted molar refractivity (Wildman–Crippen MR) is 90.3 cm³/mol. The van der Waals surface area contributed by atoms with Gasteiger partial charge in [0.15, 0.2) is 5.96 Å². The molecular formula is C17H28N4O. The minimum Gasteiger partial charge on any atom is -0.490 e. The topological polar surface area (TPSA) is 49.8 Å². The van der Waals surface area contributed by atoms with Gasteiger partial charge in [-0.2, -0.15) is 0 Å². The first-order valence-electron chi connectivity index (χ1n) is 7.97. The summed E-state index contributed by atoms with van der Waals surface area (Å²) in [5.41, 5.74) is 0.410. The lowest BCUT2D eigenvalue weighted by atomic mass is 9.65. The number of guanidine groups is 1. The monoisotopic (exact) mass is 304 g/mol. The van der Waals surface area contributed by atoms with E-state index in [9.17, 15) is 0 Å². The van der Waals surface area contributed by atoms with Crippen LogP contribution in [0.25, 0.3) is 0 Å². The van der Waals surface area contributed by atoms with Crippen molar-refractivity contribution in [3.8, 4) is 5.75 Å². The fourth-order valence-electron chi connectivity index (χ4n) is 2.54. The summed E-state index contributed by atoms with van der Waals surface area (Å²) in [5, 5.41) is 3.38. The Kier molecular flexibility index (Phi) is 4.94. The molecule has 0 spiro atoms. The van der Waals surface area contributed by atoms with Crippen LogP contribution in [-0.4, -0.2) is 47.6 Å². The number of aromatic nitrogens is 1. The summed E-state index contributed by atoms with van der Waals surface area (Å²) in [6, 6.07) is 3.77. The van der Waals surface area contributed by atoms with Crippen molar-refractivity contribution in [2.75, 3.05) is 26.2 Å². The minimum absolute atomic E-state index is 0.109. The molecule has 1 aliphatic rings. The molecule has 5 heteroatoms. The summed E-state index contributed by atoms with van der Waals surface area (Å²) in [4.78, 5) is 11.1. The number of pyridine rings is 1. The number of nitrogens with one attached hydrogen (secondary N) is 1. The summed E-state index contributed by atoms with van der Waals surface area (Å²) in [7, 11) is 0. The Balaban J connectivity index is 1.91. The van der Waals surface area contributed by atoms with Crippen LogP contribution < -0.4 is 10.1 Å². The zero-order valence-corrected chi connectivity index (χ0v) is 14.4. The van der Waals surface area contributed by atoms with Gasteiger partial charge in [0.05, 0.1) is 12.7 Å². The van der Waals surface area contributed by atoms with Crippen molar-refractivity contribution in [1.82, 2.24) is 15.2 Å². The van der Waals surface area contributed by atoms with Gasteiger partial charge < -0.3 is 15.0 Å². The summed E-state index contributed by atoms with van der Waals surface area (Å²) in [6.07, 6.45) is 3.46. The van der Waals surface area contributed by atoms with Crippen molar-refractivity contribution in [1.29, 1.82) is 0 Å². The van der Waals surface area contributed by atoms with Gasteiger partial charge in [0.25, 0.3) is 0 Å². The molecule has 0 atom stereocenters. The quantitative estimate of drug-likeness (QED) is 0.516. The molecule has 1 aromatic heterocycles. The Morgan fingerprint density at radius 2 is 2.18 bits per heavy atom. The van der Waals surface area contributed by atoms with E-state index < -0.39 is 0 Å². The number of aliphatic imine (C=N–C) groups is 1. The molecule has 0 aromatic carbocycles. The highest BCUT2D eigenvalue weighted by Crippen LogP contribution is 2.46. The van der Waals surface area contributed by atoms with Crippen molar-refractivity contribution in [3.63, 3.8) is 0 Å². The zero-order chi connectivity index (χ0) is 16.2. The highest BCUT2D eigenvalue weighted by Gasteiger charge is 2.53.